The van der Waals surface area contributed by atoms with E-state index in [2.05, 4.69) is 34.5 Å². The third-order valence-electron chi connectivity index (χ3n) is 3.96. The average molecular weight is 510 g/mol. The van der Waals surface area contributed by atoms with Gasteiger partial charge in [-0.2, -0.15) is 0 Å². The standard InChI is InChI=1S/C21H14Cl2INO2/c1-12(16-4-2-3-5-19(16)24)13-6-8-15(9-7-13)25-21(27)17-10-14(22)11-18(23)20(17)26/h2-11,26H,1H2,(H,25,27). The maximum Gasteiger partial charge on any atom is 0.259 e. The first-order chi connectivity index (χ1) is 12.9. The van der Waals surface area contributed by atoms with Gasteiger partial charge in [-0.15, -0.1) is 0 Å². The lowest BCUT2D eigenvalue weighted by atomic mass is 9.99. The Kier molecular flexibility index (Phi) is 6.09. The van der Waals surface area contributed by atoms with Crippen molar-refractivity contribution in [3.05, 3.63) is 97.5 Å². The highest BCUT2D eigenvalue weighted by Crippen LogP contribution is 2.32. The second kappa shape index (κ2) is 8.33. The molecular formula is C21H14Cl2INO2. The molecule has 0 aliphatic rings. The van der Waals surface area contributed by atoms with Crippen molar-refractivity contribution in [1.29, 1.82) is 0 Å². The third-order valence-corrected chi connectivity index (χ3v) is 5.41. The van der Waals surface area contributed by atoms with Crippen LogP contribution in [-0.2, 0) is 0 Å². The van der Waals surface area contributed by atoms with Crippen LogP contribution >= 0.6 is 45.8 Å². The first kappa shape index (κ1) is 19.7. The highest BCUT2D eigenvalue weighted by molar-refractivity contribution is 14.1. The fourth-order valence-electron chi connectivity index (χ4n) is 2.55. The van der Waals surface area contributed by atoms with Gasteiger partial charge in [-0.3, -0.25) is 4.79 Å². The molecule has 3 rings (SSSR count). The monoisotopic (exact) mass is 509 g/mol. The lowest BCUT2D eigenvalue weighted by molar-refractivity contribution is 0.102. The Labute approximate surface area is 180 Å². The van der Waals surface area contributed by atoms with Crippen molar-refractivity contribution in [3.63, 3.8) is 0 Å². The quantitative estimate of drug-likeness (QED) is 0.388. The van der Waals surface area contributed by atoms with Gasteiger partial charge in [0.05, 0.1) is 10.6 Å². The van der Waals surface area contributed by atoms with Crippen LogP contribution in [0, 0.1) is 3.57 Å². The fraction of sp³-hybridized carbons (Fsp3) is 0. The van der Waals surface area contributed by atoms with Crippen LogP contribution < -0.4 is 5.32 Å². The summed E-state index contributed by atoms with van der Waals surface area (Å²) in [7, 11) is 0. The van der Waals surface area contributed by atoms with Crippen molar-refractivity contribution >= 4 is 63.0 Å². The van der Waals surface area contributed by atoms with Gasteiger partial charge in [-0.25, -0.2) is 0 Å². The number of anilines is 1. The van der Waals surface area contributed by atoms with Gasteiger partial charge in [-0.05, 0) is 69.6 Å². The summed E-state index contributed by atoms with van der Waals surface area (Å²) in [6.07, 6.45) is 0. The molecule has 0 spiro atoms. The summed E-state index contributed by atoms with van der Waals surface area (Å²) in [6, 6.07) is 18.1. The van der Waals surface area contributed by atoms with E-state index >= 15 is 0 Å². The molecule has 2 N–H and O–H groups in total. The zero-order valence-corrected chi connectivity index (χ0v) is 17.6. The number of aromatic hydroxyl groups is 1. The van der Waals surface area contributed by atoms with Crippen molar-refractivity contribution in [2.45, 2.75) is 0 Å². The zero-order valence-electron chi connectivity index (χ0n) is 14.0. The molecule has 0 atom stereocenters. The van der Waals surface area contributed by atoms with E-state index in [-0.39, 0.29) is 21.4 Å². The number of carbonyl (C=O) groups is 1. The molecule has 0 unspecified atom stereocenters. The van der Waals surface area contributed by atoms with E-state index < -0.39 is 5.91 Å². The SMILES string of the molecule is C=C(c1ccc(NC(=O)c2cc(Cl)cc(Cl)c2O)cc1)c1ccccc1I. The number of phenols is 1. The maximum atomic E-state index is 12.4. The number of benzene rings is 3. The van der Waals surface area contributed by atoms with Gasteiger partial charge < -0.3 is 10.4 Å². The second-order valence-electron chi connectivity index (χ2n) is 5.77. The van der Waals surface area contributed by atoms with Gasteiger partial charge >= 0.3 is 0 Å². The van der Waals surface area contributed by atoms with Crippen molar-refractivity contribution < 1.29 is 9.90 Å². The number of phenolic OH excluding ortho intramolecular Hbond substituents is 1. The summed E-state index contributed by atoms with van der Waals surface area (Å²) >= 11 is 14.1. The third kappa shape index (κ3) is 4.46. The highest BCUT2D eigenvalue weighted by Gasteiger charge is 2.16. The van der Waals surface area contributed by atoms with Gasteiger partial charge in [0.1, 0.15) is 5.75 Å². The first-order valence-corrected chi connectivity index (χ1v) is 9.74. The Hall–Kier alpha value is -2.02. The van der Waals surface area contributed by atoms with Crippen LogP contribution in [-0.4, -0.2) is 11.0 Å². The number of hydrogen-bond donors (Lipinski definition) is 2. The molecule has 3 nitrogen and oxygen atoms in total. The van der Waals surface area contributed by atoms with Gasteiger partial charge in [0.15, 0.2) is 0 Å². The minimum absolute atomic E-state index is 0.0137. The molecule has 0 aromatic heterocycles. The summed E-state index contributed by atoms with van der Waals surface area (Å²) in [5, 5.41) is 13.0. The Balaban J connectivity index is 1.79. The molecule has 3 aromatic rings. The van der Waals surface area contributed by atoms with Crippen LogP contribution in [0.5, 0.6) is 5.75 Å². The lowest BCUT2D eigenvalue weighted by Crippen LogP contribution is -2.12. The van der Waals surface area contributed by atoms with E-state index in [0.717, 1.165) is 20.3 Å². The average Bonchev–Trinajstić information content (AvgIpc) is 2.65. The second-order valence-corrected chi connectivity index (χ2v) is 7.78. The molecular weight excluding hydrogens is 496 g/mol. The van der Waals surface area contributed by atoms with E-state index in [1.165, 1.54) is 12.1 Å². The summed E-state index contributed by atoms with van der Waals surface area (Å²) in [5.41, 5.74) is 3.51. The Bertz CT molecular complexity index is 1030. The van der Waals surface area contributed by atoms with Crippen molar-refractivity contribution in [2.24, 2.45) is 0 Å². The predicted molar refractivity (Wildman–Crippen MR) is 120 cm³/mol. The highest BCUT2D eigenvalue weighted by atomic mass is 127. The van der Waals surface area contributed by atoms with Crippen molar-refractivity contribution in [2.75, 3.05) is 5.32 Å². The Morgan fingerprint density at radius 3 is 2.33 bits per heavy atom. The lowest BCUT2D eigenvalue weighted by Gasteiger charge is -2.11. The molecule has 6 heteroatoms. The molecule has 1 amide bonds. The van der Waals surface area contributed by atoms with Gasteiger partial charge in [0.25, 0.3) is 5.91 Å². The summed E-state index contributed by atoms with van der Waals surface area (Å²) in [6.45, 7) is 4.17. The minimum Gasteiger partial charge on any atom is -0.506 e. The van der Waals surface area contributed by atoms with Crippen LogP contribution in [0.2, 0.25) is 10.0 Å². The molecule has 136 valence electrons. The van der Waals surface area contributed by atoms with E-state index in [0.29, 0.717) is 5.69 Å². The molecule has 0 aliphatic carbocycles. The zero-order chi connectivity index (χ0) is 19.6. The molecule has 0 fully saturated rings. The maximum absolute atomic E-state index is 12.4. The van der Waals surface area contributed by atoms with Crippen LogP contribution in [0.4, 0.5) is 5.69 Å². The normalized spacial score (nSPS) is 10.5. The Morgan fingerprint density at radius 2 is 1.67 bits per heavy atom. The van der Waals surface area contributed by atoms with E-state index in [1.807, 2.05) is 36.4 Å². The molecule has 0 bridgehead atoms. The topological polar surface area (TPSA) is 49.3 Å². The molecule has 0 saturated heterocycles. The number of carbonyl (C=O) groups excluding carboxylic acids is 1. The summed E-state index contributed by atoms with van der Waals surface area (Å²) in [4.78, 5) is 12.4. The van der Waals surface area contributed by atoms with Crippen molar-refractivity contribution in [1.82, 2.24) is 0 Å². The molecule has 27 heavy (non-hydrogen) atoms. The van der Waals surface area contributed by atoms with Gasteiger partial charge in [0.2, 0.25) is 0 Å². The van der Waals surface area contributed by atoms with Crippen molar-refractivity contribution in [3.8, 4) is 5.75 Å². The number of nitrogens with one attached hydrogen (secondary N) is 1. The van der Waals surface area contributed by atoms with Crippen LogP contribution in [0.3, 0.4) is 0 Å². The van der Waals surface area contributed by atoms with Gasteiger partial charge in [-0.1, -0.05) is 60.1 Å². The van der Waals surface area contributed by atoms with Gasteiger partial charge in [0, 0.05) is 14.3 Å². The van der Waals surface area contributed by atoms with Crippen LogP contribution in [0.1, 0.15) is 21.5 Å². The largest absolute Gasteiger partial charge is 0.506 e. The number of halogens is 3. The molecule has 3 aromatic carbocycles. The van der Waals surface area contributed by atoms with Crippen LogP contribution in [0.15, 0.2) is 67.2 Å². The molecule has 0 radical (unpaired) electrons. The minimum atomic E-state index is -0.499. The van der Waals surface area contributed by atoms with E-state index in [1.54, 1.807) is 12.1 Å². The number of rotatable bonds is 4. The number of hydrogen-bond acceptors (Lipinski definition) is 2. The van der Waals surface area contributed by atoms with E-state index in [9.17, 15) is 9.90 Å². The smallest absolute Gasteiger partial charge is 0.259 e. The predicted octanol–water partition coefficient (Wildman–Crippen LogP) is 6.62. The fourth-order valence-corrected chi connectivity index (χ4v) is 3.76. The Morgan fingerprint density at radius 1 is 1.00 bits per heavy atom. The summed E-state index contributed by atoms with van der Waals surface area (Å²) < 4.78 is 1.12. The molecule has 0 aliphatic heterocycles. The van der Waals surface area contributed by atoms with E-state index in [4.69, 9.17) is 23.2 Å². The number of amides is 1. The molecule has 0 saturated carbocycles. The van der Waals surface area contributed by atoms with Crippen LogP contribution in [0.25, 0.3) is 5.57 Å². The molecule has 0 heterocycles. The summed E-state index contributed by atoms with van der Waals surface area (Å²) in [5.74, 6) is -0.802. The first-order valence-electron chi connectivity index (χ1n) is 7.90.